The van der Waals surface area contributed by atoms with Crippen LogP contribution in [0.3, 0.4) is 0 Å². The first kappa shape index (κ1) is 11.1. The summed E-state index contributed by atoms with van der Waals surface area (Å²) in [5.41, 5.74) is 5.69. The van der Waals surface area contributed by atoms with E-state index in [2.05, 4.69) is 0 Å². The van der Waals surface area contributed by atoms with Crippen LogP contribution in [0, 0.1) is 5.41 Å². The zero-order valence-electron chi connectivity index (χ0n) is 9.23. The quantitative estimate of drug-likeness (QED) is 0.766. The van der Waals surface area contributed by atoms with Crippen molar-refractivity contribution in [2.75, 3.05) is 26.9 Å². The summed E-state index contributed by atoms with van der Waals surface area (Å²) in [6.45, 7) is 1.12. The van der Waals surface area contributed by atoms with E-state index in [1.807, 2.05) is 12.1 Å². The molecule has 0 spiro atoms. The lowest BCUT2D eigenvalue weighted by atomic mass is 9.78. The Morgan fingerprint density at radius 1 is 1.50 bits per heavy atom. The Balaban J connectivity index is 2.33. The SMILES string of the molecule is COc1ccccc1C(=O)C1(CN)COC1. The molecular formula is C12H15NO3. The molecule has 0 atom stereocenters. The van der Waals surface area contributed by atoms with E-state index in [1.54, 1.807) is 19.2 Å². The fraction of sp³-hybridized carbons (Fsp3) is 0.417. The van der Waals surface area contributed by atoms with Crippen molar-refractivity contribution in [3.63, 3.8) is 0 Å². The zero-order chi connectivity index (χ0) is 11.6. The maximum atomic E-state index is 12.3. The number of carbonyl (C=O) groups is 1. The molecule has 16 heavy (non-hydrogen) atoms. The average molecular weight is 221 g/mol. The van der Waals surface area contributed by atoms with E-state index in [1.165, 1.54) is 0 Å². The molecule has 0 aromatic heterocycles. The number of carbonyl (C=O) groups excluding carboxylic acids is 1. The maximum Gasteiger partial charge on any atom is 0.178 e. The first-order valence-electron chi connectivity index (χ1n) is 5.19. The molecule has 0 amide bonds. The third kappa shape index (κ3) is 1.60. The molecule has 1 aromatic carbocycles. The summed E-state index contributed by atoms with van der Waals surface area (Å²) in [7, 11) is 1.55. The first-order valence-corrected chi connectivity index (χ1v) is 5.19. The molecule has 1 aliphatic heterocycles. The maximum absolute atomic E-state index is 12.3. The number of rotatable bonds is 4. The summed E-state index contributed by atoms with van der Waals surface area (Å²) >= 11 is 0. The van der Waals surface area contributed by atoms with Crippen LogP contribution in [0.1, 0.15) is 10.4 Å². The van der Waals surface area contributed by atoms with Crippen molar-refractivity contribution in [1.82, 2.24) is 0 Å². The average Bonchev–Trinajstić information content (AvgIpc) is 2.28. The molecule has 0 saturated carbocycles. The number of nitrogens with two attached hydrogens (primary N) is 1. The molecule has 1 fully saturated rings. The van der Waals surface area contributed by atoms with Crippen LogP contribution >= 0.6 is 0 Å². The van der Waals surface area contributed by atoms with Crippen molar-refractivity contribution in [1.29, 1.82) is 0 Å². The Labute approximate surface area is 94.3 Å². The first-order chi connectivity index (χ1) is 7.73. The molecule has 0 unspecified atom stereocenters. The Morgan fingerprint density at radius 2 is 2.19 bits per heavy atom. The number of benzene rings is 1. The van der Waals surface area contributed by atoms with Crippen molar-refractivity contribution in [3.05, 3.63) is 29.8 Å². The van der Waals surface area contributed by atoms with Crippen LogP contribution in [0.4, 0.5) is 0 Å². The lowest BCUT2D eigenvalue weighted by Gasteiger charge is -2.39. The van der Waals surface area contributed by atoms with Gasteiger partial charge in [-0.05, 0) is 12.1 Å². The van der Waals surface area contributed by atoms with E-state index in [-0.39, 0.29) is 5.78 Å². The molecule has 2 N–H and O–H groups in total. The lowest BCUT2D eigenvalue weighted by molar-refractivity contribution is -0.0816. The minimum absolute atomic E-state index is 0.0127. The molecular weight excluding hydrogens is 206 g/mol. The highest BCUT2D eigenvalue weighted by molar-refractivity contribution is 6.03. The van der Waals surface area contributed by atoms with Gasteiger partial charge in [0.25, 0.3) is 0 Å². The molecule has 1 aromatic rings. The summed E-state index contributed by atoms with van der Waals surface area (Å²) in [5.74, 6) is 0.603. The smallest absolute Gasteiger partial charge is 0.178 e. The number of methoxy groups -OCH3 is 1. The van der Waals surface area contributed by atoms with Gasteiger partial charge in [0.05, 0.1) is 31.3 Å². The van der Waals surface area contributed by atoms with Gasteiger partial charge in [-0.15, -0.1) is 0 Å². The van der Waals surface area contributed by atoms with Gasteiger partial charge in [0.15, 0.2) is 5.78 Å². The van der Waals surface area contributed by atoms with Crippen molar-refractivity contribution in [2.45, 2.75) is 0 Å². The normalized spacial score (nSPS) is 17.6. The number of Topliss-reactive ketones (excluding diaryl/α,β-unsaturated/α-hetero) is 1. The molecule has 0 bridgehead atoms. The van der Waals surface area contributed by atoms with Gasteiger partial charge in [-0.1, -0.05) is 12.1 Å². The van der Waals surface area contributed by atoms with E-state index in [4.69, 9.17) is 15.2 Å². The minimum Gasteiger partial charge on any atom is -0.496 e. The highest BCUT2D eigenvalue weighted by Crippen LogP contribution is 2.33. The molecule has 0 radical (unpaired) electrons. The molecule has 1 aliphatic rings. The van der Waals surface area contributed by atoms with Crippen LogP contribution in [-0.2, 0) is 4.74 Å². The molecule has 0 aliphatic carbocycles. The van der Waals surface area contributed by atoms with Crippen LogP contribution in [0.15, 0.2) is 24.3 Å². The predicted octanol–water partition coefficient (Wildman–Crippen LogP) is 0.853. The Morgan fingerprint density at radius 3 is 2.69 bits per heavy atom. The van der Waals surface area contributed by atoms with Gasteiger partial charge in [0.1, 0.15) is 5.75 Å². The third-order valence-electron chi connectivity index (χ3n) is 2.98. The molecule has 1 saturated heterocycles. The van der Waals surface area contributed by atoms with Gasteiger partial charge >= 0.3 is 0 Å². The minimum atomic E-state index is -0.547. The fourth-order valence-corrected chi connectivity index (χ4v) is 1.81. The molecule has 86 valence electrons. The standard InChI is InChI=1S/C12H15NO3/c1-15-10-5-3-2-4-9(10)11(14)12(6-13)7-16-8-12/h2-5H,6-8,13H2,1H3. The number of hydrogen-bond acceptors (Lipinski definition) is 4. The Kier molecular flexibility index (Phi) is 2.94. The summed E-state index contributed by atoms with van der Waals surface area (Å²) in [6.07, 6.45) is 0. The summed E-state index contributed by atoms with van der Waals surface area (Å²) in [5, 5.41) is 0. The van der Waals surface area contributed by atoms with E-state index >= 15 is 0 Å². The second-order valence-corrected chi connectivity index (χ2v) is 4.01. The van der Waals surface area contributed by atoms with Gasteiger partial charge in [0, 0.05) is 6.54 Å². The topological polar surface area (TPSA) is 61.5 Å². The van der Waals surface area contributed by atoms with E-state index in [0.717, 1.165) is 0 Å². The molecule has 4 heteroatoms. The van der Waals surface area contributed by atoms with E-state index in [0.29, 0.717) is 31.1 Å². The number of hydrogen-bond donors (Lipinski definition) is 1. The summed E-state index contributed by atoms with van der Waals surface area (Å²) < 4.78 is 10.3. The van der Waals surface area contributed by atoms with E-state index in [9.17, 15) is 4.79 Å². The van der Waals surface area contributed by atoms with Crippen molar-refractivity contribution in [2.24, 2.45) is 11.1 Å². The number of ketones is 1. The lowest BCUT2D eigenvalue weighted by Crippen LogP contribution is -2.54. The highest BCUT2D eigenvalue weighted by Gasteiger charge is 2.45. The monoisotopic (exact) mass is 221 g/mol. The van der Waals surface area contributed by atoms with Crippen molar-refractivity contribution in [3.8, 4) is 5.75 Å². The van der Waals surface area contributed by atoms with Gasteiger partial charge < -0.3 is 15.2 Å². The predicted molar refractivity (Wildman–Crippen MR) is 59.6 cm³/mol. The van der Waals surface area contributed by atoms with Gasteiger partial charge in [-0.3, -0.25) is 4.79 Å². The zero-order valence-corrected chi connectivity index (χ0v) is 9.23. The van der Waals surface area contributed by atoms with E-state index < -0.39 is 5.41 Å². The van der Waals surface area contributed by atoms with Crippen LogP contribution in [0.5, 0.6) is 5.75 Å². The number of para-hydroxylation sites is 1. The molecule has 4 nitrogen and oxygen atoms in total. The second-order valence-electron chi connectivity index (χ2n) is 4.01. The Bertz CT molecular complexity index is 393. The Hall–Kier alpha value is -1.39. The highest BCUT2D eigenvalue weighted by atomic mass is 16.5. The molecule has 2 rings (SSSR count). The van der Waals surface area contributed by atoms with Crippen molar-refractivity contribution >= 4 is 5.78 Å². The molecule has 1 heterocycles. The van der Waals surface area contributed by atoms with Gasteiger partial charge in [0.2, 0.25) is 0 Å². The third-order valence-corrected chi connectivity index (χ3v) is 2.98. The van der Waals surface area contributed by atoms with Crippen LogP contribution in [0.2, 0.25) is 0 Å². The van der Waals surface area contributed by atoms with Gasteiger partial charge in [-0.25, -0.2) is 0 Å². The van der Waals surface area contributed by atoms with Crippen LogP contribution in [0.25, 0.3) is 0 Å². The van der Waals surface area contributed by atoms with Crippen molar-refractivity contribution < 1.29 is 14.3 Å². The largest absolute Gasteiger partial charge is 0.496 e. The number of ether oxygens (including phenoxy) is 2. The summed E-state index contributed by atoms with van der Waals surface area (Å²) in [6, 6.07) is 7.19. The van der Waals surface area contributed by atoms with Gasteiger partial charge in [-0.2, -0.15) is 0 Å². The van der Waals surface area contributed by atoms with Crippen LogP contribution in [-0.4, -0.2) is 32.7 Å². The second kappa shape index (κ2) is 4.23. The fourth-order valence-electron chi connectivity index (χ4n) is 1.81. The van der Waals surface area contributed by atoms with Crippen LogP contribution < -0.4 is 10.5 Å². The summed E-state index contributed by atoms with van der Waals surface area (Å²) in [4.78, 5) is 12.3.